The van der Waals surface area contributed by atoms with E-state index in [9.17, 15) is 8.42 Å². The van der Waals surface area contributed by atoms with Crippen LogP contribution >= 0.6 is 23.2 Å². The van der Waals surface area contributed by atoms with Crippen LogP contribution in [-0.2, 0) is 16.6 Å². The van der Waals surface area contributed by atoms with E-state index in [1.807, 2.05) is 6.92 Å². The van der Waals surface area contributed by atoms with E-state index >= 15 is 0 Å². The third-order valence-corrected chi connectivity index (χ3v) is 6.89. The minimum atomic E-state index is -3.63. The molecule has 1 atom stereocenters. The number of nitrogens with zero attached hydrogens (tertiary/aromatic N) is 1. The van der Waals surface area contributed by atoms with Crippen molar-refractivity contribution in [3.63, 3.8) is 0 Å². The van der Waals surface area contributed by atoms with Crippen LogP contribution < -0.4 is 5.73 Å². The lowest BCUT2D eigenvalue weighted by molar-refractivity contribution is 0.342. The van der Waals surface area contributed by atoms with Crippen molar-refractivity contribution in [1.29, 1.82) is 0 Å². The zero-order chi connectivity index (χ0) is 15.6. The lowest BCUT2D eigenvalue weighted by atomic mass is 10.1. The highest BCUT2D eigenvalue weighted by atomic mass is 35.5. The topological polar surface area (TPSA) is 63.4 Å². The summed E-state index contributed by atoms with van der Waals surface area (Å²) in [5.74, 6) is 0. The molecule has 4 nitrogen and oxygen atoms in total. The maximum absolute atomic E-state index is 12.9. The summed E-state index contributed by atoms with van der Waals surface area (Å²) < 4.78 is 27.4. The molecule has 1 aliphatic rings. The van der Waals surface area contributed by atoms with Gasteiger partial charge in [-0.3, -0.25) is 0 Å². The molecule has 21 heavy (non-hydrogen) atoms. The number of halogens is 2. The predicted octanol–water partition coefficient (Wildman–Crippen LogP) is 3.41. The molecule has 2 N–H and O–H groups in total. The Morgan fingerprint density at radius 1 is 1.29 bits per heavy atom. The first-order valence-corrected chi connectivity index (χ1v) is 9.28. The average molecular weight is 351 g/mol. The van der Waals surface area contributed by atoms with E-state index in [0.29, 0.717) is 17.1 Å². The van der Waals surface area contributed by atoms with Gasteiger partial charge >= 0.3 is 0 Å². The molecule has 0 amide bonds. The maximum Gasteiger partial charge on any atom is 0.244 e. The highest BCUT2D eigenvalue weighted by Gasteiger charge is 2.32. The molecule has 0 spiro atoms. The molecular formula is C14H20Cl2N2O2S. The van der Waals surface area contributed by atoms with Crippen LogP contribution in [0, 0.1) is 0 Å². The fourth-order valence-electron chi connectivity index (χ4n) is 2.69. The number of nitrogens with two attached hydrogens (primary N) is 1. The van der Waals surface area contributed by atoms with E-state index in [0.717, 1.165) is 25.7 Å². The molecular weight excluding hydrogens is 331 g/mol. The summed E-state index contributed by atoms with van der Waals surface area (Å²) in [5.41, 5.74) is 6.09. The van der Waals surface area contributed by atoms with Crippen molar-refractivity contribution in [1.82, 2.24) is 4.31 Å². The van der Waals surface area contributed by atoms with Gasteiger partial charge < -0.3 is 5.73 Å². The first-order valence-electron chi connectivity index (χ1n) is 7.08. The fourth-order valence-corrected chi connectivity index (χ4v) is 5.30. The Morgan fingerprint density at radius 3 is 2.67 bits per heavy atom. The van der Waals surface area contributed by atoms with E-state index in [4.69, 9.17) is 28.9 Å². The molecule has 0 aliphatic carbocycles. The van der Waals surface area contributed by atoms with Crippen LogP contribution in [0.4, 0.5) is 0 Å². The zero-order valence-electron chi connectivity index (χ0n) is 12.0. The van der Waals surface area contributed by atoms with Gasteiger partial charge in [0.15, 0.2) is 0 Å². The van der Waals surface area contributed by atoms with Crippen molar-refractivity contribution >= 4 is 33.2 Å². The number of sulfonamides is 1. The SMILES string of the molecule is CC1CCCCCN1S(=O)(=O)c1ccc(Cl)c(CN)c1Cl. The Morgan fingerprint density at radius 2 is 2.00 bits per heavy atom. The van der Waals surface area contributed by atoms with Crippen molar-refractivity contribution < 1.29 is 8.42 Å². The van der Waals surface area contributed by atoms with Crippen molar-refractivity contribution in [3.05, 3.63) is 27.7 Å². The van der Waals surface area contributed by atoms with Gasteiger partial charge in [-0.05, 0) is 31.9 Å². The van der Waals surface area contributed by atoms with Gasteiger partial charge in [-0.15, -0.1) is 0 Å². The Hall–Kier alpha value is -0.330. The summed E-state index contributed by atoms with van der Waals surface area (Å²) in [6.45, 7) is 2.58. The molecule has 0 saturated carbocycles. The van der Waals surface area contributed by atoms with Gasteiger partial charge in [0, 0.05) is 29.7 Å². The summed E-state index contributed by atoms with van der Waals surface area (Å²) in [6, 6.07) is 2.99. The summed E-state index contributed by atoms with van der Waals surface area (Å²) in [4.78, 5) is 0.0998. The van der Waals surface area contributed by atoms with Gasteiger partial charge in [-0.25, -0.2) is 8.42 Å². The van der Waals surface area contributed by atoms with Gasteiger partial charge in [0.25, 0.3) is 0 Å². The molecule has 0 radical (unpaired) electrons. The number of benzene rings is 1. The van der Waals surface area contributed by atoms with Gasteiger partial charge in [0.05, 0.1) is 5.02 Å². The van der Waals surface area contributed by atoms with Crippen LogP contribution in [0.5, 0.6) is 0 Å². The third kappa shape index (κ3) is 3.37. The second kappa shape index (κ2) is 6.84. The highest BCUT2D eigenvalue weighted by molar-refractivity contribution is 7.89. The van der Waals surface area contributed by atoms with E-state index < -0.39 is 10.0 Å². The van der Waals surface area contributed by atoms with E-state index in [-0.39, 0.29) is 22.5 Å². The molecule has 7 heteroatoms. The molecule has 1 heterocycles. The summed E-state index contributed by atoms with van der Waals surface area (Å²) >= 11 is 12.3. The molecule has 0 bridgehead atoms. The normalized spacial score (nSPS) is 21.2. The molecule has 1 aromatic carbocycles. The fraction of sp³-hybridized carbons (Fsp3) is 0.571. The monoisotopic (exact) mass is 350 g/mol. The predicted molar refractivity (Wildman–Crippen MR) is 86.2 cm³/mol. The Kier molecular flexibility index (Phi) is 5.54. The van der Waals surface area contributed by atoms with E-state index in [1.54, 1.807) is 10.4 Å². The van der Waals surface area contributed by atoms with Crippen LogP contribution in [0.2, 0.25) is 10.0 Å². The minimum Gasteiger partial charge on any atom is -0.326 e. The molecule has 1 aromatic rings. The molecule has 2 rings (SSSR count). The van der Waals surface area contributed by atoms with Gasteiger partial charge in [-0.2, -0.15) is 4.31 Å². The largest absolute Gasteiger partial charge is 0.326 e. The molecule has 1 unspecified atom stereocenters. The van der Waals surface area contributed by atoms with Crippen molar-refractivity contribution in [2.24, 2.45) is 5.73 Å². The molecule has 1 fully saturated rings. The molecule has 118 valence electrons. The van der Waals surface area contributed by atoms with Crippen molar-refractivity contribution in [2.75, 3.05) is 6.54 Å². The second-order valence-corrected chi connectivity index (χ2v) is 8.00. The van der Waals surface area contributed by atoms with Crippen molar-refractivity contribution in [3.8, 4) is 0 Å². The van der Waals surface area contributed by atoms with Crippen LogP contribution in [0.3, 0.4) is 0 Å². The lowest BCUT2D eigenvalue weighted by Crippen LogP contribution is -2.38. The maximum atomic E-state index is 12.9. The number of rotatable bonds is 3. The summed E-state index contributed by atoms with van der Waals surface area (Å²) in [5, 5.41) is 0.534. The van der Waals surface area contributed by atoms with Gasteiger partial charge in [-0.1, -0.05) is 36.0 Å². The van der Waals surface area contributed by atoms with Gasteiger partial charge in [0.2, 0.25) is 10.0 Å². The van der Waals surface area contributed by atoms with Crippen molar-refractivity contribution in [2.45, 2.75) is 50.1 Å². The Balaban J connectivity index is 2.48. The molecule has 1 saturated heterocycles. The minimum absolute atomic E-state index is 0.0226. The number of hydrogen-bond acceptors (Lipinski definition) is 3. The Bertz CT molecular complexity index is 620. The van der Waals surface area contributed by atoms with Crippen LogP contribution in [0.15, 0.2) is 17.0 Å². The molecule has 0 aromatic heterocycles. The molecule has 1 aliphatic heterocycles. The highest BCUT2D eigenvalue weighted by Crippen LogP contribution is 2.34. The van der Waals surface area contributed by atoms with Crippen LogP contribution in [-0.4, -0.2) is 25.3 Å². The summed E-state index contributed by atoms with van der Waals surface area (Å²) in [6.07, 6.45) is 3.85. The standard InChI is InChI=1S/C14H20Cl2N2O2S/c1-10-5-3-2-4-8-18(10)21(19,20)13-7-6-12(15)11(9-17)14(13)16/h6-7,10H,2-5,8-9,17H2,1H3. The summed E-state index contributed by atoms with van der Waals surface area (Å²) in [7, 11) is -3.63. The smallest absolute Gasteiger partial charge is 0.244 e. The lowest BCUT2D eigenvalue weighted by Gasteiger charge is -2.27. The van der Waals surface area contributed by atoms with Crippen LogP contribution in [0.25, 0.3) is 0 Å². The third-order valence-electron chi connectivity index (χ3n) is 3.93. The average Bonchev–Trinajstić information content (AvgIpc) is 2.64. The van der Waals surface area contributed by atoms with Crippen LogP contribution in [0.1, 0.15) is 38.2 Å². The zero-order valence-corrected chi connectivity index (χ0v) is 14.3. The Labute approximate surface area is 136 Å². The first-order chi connectivity index (χ1) is 9.89. The quantitative estimate of drug-likeness (QED) is 0.908. The van der Waals surface area contributed by atoms with E-state index in [2.05, 4.69) is 0 Å². The van der Waals surface area contributed by atoms with Gasteiger partial charge in [0.1, 0.15) is 4.90 Å². The second-order valence-electron chi connectivity index (χ2n) is 5.36. The first kappa shape index (κ1) is 17.0. The number of hydrogen-bond donors (Lipinski definition) is 1. The van der Waals surface area contributed by atoms with E-state index in [1.165, 1.54) is 6.07 Å².